The Labute approximate surface area is 127 Å². The van der Waals surface area contributed by atoms with Crippen LogP contribution in [0.2, 0.25) is 0 Å². The van der Waals surface area contributed by atoms with Crippen LogP contribution in [-0.2, 0) is 6.54 Å². The maximum atomic E-state index is 5.60. The summed E-state index contributed by atoms with van der Waals surface area (Å²) in [7, 11) is 0. The number of imidazole rings is 1. The Morgan fingerprint density at radius 3 is 2.76 bits per heavy atom. The molecule has 4 heteroatoms. The van der Waals surface area contributed by atoms with Crippen molar-refractivity contribution in [3.63, 3.8) is 0 Å². The van der Waals surface area contributed by atoms with Crippen molar-refractivity contribution in [1.29, 1.82) is 0 Å². The van der Waals surface area contributed by atoms with Gasteiger partial charge in [-0.25, -0.2) is 4.98 Å². The lowest BCUT2D eigenvalue weighted by atomic mass is 10.1. The number of aryl methyl sites for hydroxylation is 1. The summed E-state index contributed by atoms with van der Waals surface area (Å²) in [6, 6.07) is 8.73. The van der Waals surface area contributed by atoms with E-state index >= 15 is 0 Å². The van der Waals surface area contributed by atoms with E-state index in [1.54, 1.807) is 0 Å². The smallest absolute Gasteiger partial charge is 0.119 e. The van der Waals surface area contributed by atoms with Crippen LogP contribution in [0.5, 0.6) is 5.75 Å². The second-order valence-corrected chi connectivity index (χ2v) is 5.25. The number of hydrogen-bond donors (Lipinski definition) is 1. The Morgan fingerprint density at radius 1 is 1.29 bits per heavy atom. The van der Waals surface area contributed by atoms with Crippen molar-refractivity contribution in [1.82, 2.24) is 14.9 Å². The molecule has 4 nitrogen and oxygen atoms in total. The Hall–Kier alpha value is -1.81. The molecule has 0 saturated heterocycles. The SMILES string of the molecule is CCCOc1ccc(C(C)NCCCn2ccnc2)cc1. The van der Waals surface area contributed by atoms with Crippen molar-refractivity contribution in [2.24, 2.45) is 0 Å². The second-order valence-electron chi connectivity index (χ2n) is 5.25. The molecule has 1 atom stereocenters. The second kappa shape index (κ2) is 8.47. The van der Waals surface area contributed by atoms with Crippen molar-refractivity contribution in [3.05, 3.63) is 48.5 Å². The predicted octanol–water partition coefficient (Wildman–Crippen LogP) is 3.41. The molecule has 2 aromatic rings. The third kappa shape index (κ3) is 5.23. The summed E-state index contributed by atoms with van der Waals surface area (Å²) >= 11 is 0. The van der Waals surface area contributed by atoms with Crippen molar-refractivity contribution in [3.8, 4) is 5.75 Å². The van der Waals surface area contributed by atoms with E-state index in [1.165, 1.54) is 5.56 Å². The first-order valence-corrected chi connectivity index (χ1v) is 7.71. The van der Waals surface area contributed by atoms with Gasteiger partial charge in [-0.15, -0.1) is 0 Å². The average molecular weight is 287 g/mol. The van der Waals surface area contributed by atoms with E-state index in [4.69, 9.17) is 4.74 Å². The van der Waals surface area contributed by atoms with E-state index in [0.717, 1.165) is 38.3 Å². The van der Waals surface area contributed by atoms with Gasteiger partial charge in [0, 0.05) is 25.0 Å². The summed E-state index contributed by atoms with van der Waals surface area (Å²) in [5.41, 5.74) is 1.29. The van der Waals surface area contributed by atoms with Gasteiger partial charge < -0.3 is 14.6 Å². The minimum absolute atomic E-state index is 0.355. The first kappa shape index (κ1) is 15.6. The van der Waals surface area contributed by atoms with E-state index in [1.807, 2.05) is 18.7 Å². The highest BCUT2D eigenvalue weighted by molar-refractivity contribution is 5.28. The van der Waals surface area contributed by atoms with Gasteiger partial charge in [0.15, 0.2) is 0 Å². The van der Waals surface area contributed by atoms with E-state index < -0.39 is 0 Å². The van der Waals surface area contributed by atoms with Gasteiger partial charge in [0.1, 0.15) is 5.75 Å². The average Bonchev–Trinajstić information content (AvgIpc) is 3.03. The fourth-order valence-electron chi connectivity index (χ4n) is 2.19. The van der Waals surface area contributed by atoms with Crippen molar-refractivity contribution >= 4 is 0 Å². The summed E-state index contributed by atoms with van der Waals surface area (Å²) in [5.74, 6) is 0.952. The number of nitrogens with one attached hydrogen (secondary N) is 1. The van der Waals surface area contributed by atoms with Gasteiger partial charge >= 0.3 is 0 Å². The molecule has 1 aromatic heterocycles. The Balaban J connectivity index is 1.71. The Kier molecular flexibility index (Phi) is 6.28. The van der Waals surface area contributed by atoms with Crippen LogP contribution in [0.1, 0.15) is 38.3 Å². The zero-order valence-corrected chi connectivity index (χ0v) is 13.0. The van der Waals surface area contributed by atoms with Crippen LogP contribution in [0, 0.1) is 0 Å². The number of aromatic nitrogens is 2. The highest BCUT2D eigenvalue weighted by Gasteiger charge is 2.04. The molecule has 1 N–H and O–H groups in total. The third-order valence-electron chi connectivity index (χ3n) is 3.46. The summed E-state index contributed by atoms with van der Waals surface area (Å²) in [4.78, 5) is 4.04. The van der Waals surface area contributed by atoms with Gasteiger partial charge in [0.25, 0.3) is 0 Å². The molecular formula is C17H25N3O. The highest BCUT2D eigenvalue weighted by atomic mass is 16.5. The molecule has 0 bridgehead atoms. The molecule has 21 heavy (non-hydrogen) atoms. The molecule has 0 aliphatic rings. The van der Waals surface area contributed by atoms with E-state index in [9.17, 15) is 0 Å². The predicted molar refractivity (Wildman–Crippen MR) is 85.5 cm³/mol. The fourth-order valence-corrected chi connectivity index (χ4v) is 2.19. The molecule has 0 radical (unpaired) electrons. The lowest BCUT2D eigenvalue weighted by Gasteiger charge is -2.15. The van der Waals surface area contributed by atoms with Gasteiger partial charge in [0.2, 0.25) is 0 Å². The molecule has 1 heterocycles. The van der Waals surface area contributed by atoms with E-state index in [0.29, 0.717) is 6.04 Å². The molecule has 0 aliphatic heterocycles. The monoisotopic (exact) mass is 287 g/mol. The van der Waals surface area contributed by atoms with Gasteiger partial charge in [-0.2, -0.15) is 0 Å². The molecule has 0 saturated carbocycles. The zero-order valence-electron chi connectivity index (χ0n) is 13.0. The van der Waals surface area contributed by atoms with E-state index in [2.05, 4.69) is 53.0 Å². The molecular weight excluding hydrogens is 262 g/mol. The number of hydrogen-bond acceptors (Lipinski definition) is 3. The quantitative estimate of drug-likeness (QED) is 0.718. The molecule has 0 fully saturated rings. The molecule has 0 amide bonds. The van der Waals surface area contributed by atoms with Crippen LogP contribution in [0.15, 0.2) is 43.0 Å². The van der Waals surface area contributed by atoms with Crippen LogP contribution in [0.4, 0.5) is 0 Å². The summed E-state index contributed by atoms with van der Waals surface area (Å²) < 4.78 is 7.70. The zero-order chi connectivity index (χ0) is 14.9. The Bertz CT molecular complexity index is 493. The number of nitrogens with zero attached hydrogens (tertiary/aromatic N) is 2. The number of benzene rings is 1. The first-order valence-electron chi connectivity index (χ1n) is 7.71. The molecule has 114 valence electrons. The van der Waals surface area contributed by atoms with Crippen molar-refractivity contribution < 1.29 is 4.74 Å². The van der Waals surface area contributed by atoms with Crippen molar-refractivity contribution in [2.45, 2.75) is 39.3 Å². The summed E-state index contributed by atoms with van der Waals surface area (Å²) in [6.07, 6.45) is 7.81. The van der Waals surface area contributed by atoms with Crippen molar-refractivity contribution in [2.75, 3.05) is 13.2 Å². The maximum Gasteiger partial charge on any atom is 0.119 e. The van der Waals surface area contributed by atoms with Gasteiger partial charge in [-0.3, -0.25) is 0 Å². The first-order chi connectivity index (χ1) is 10.3. The third-order valence-corrected chi connectivity index (χ3v) is 3.46. The standard InChI is InChI=1S/C17H25N3O/c1-3-13-21-17-7-5-16(6-8-17)15(2)19-9-4-11-20-12-10-18-14-20/h5-8,10,12,14-15,19H,3-4,9,11,13H2,1-2H3. The summed E-state index contributed by atoms with van der Waals surface area (Å²) in [6.45, 7) is 7.08. The molecule has 1 unspecified atom stereocenters. The maximum absolute atomic E-state index is 5.60. The van der Waals surface area contributed by atoms with Crippen LogP contribution in [0.25, 0.3) is 0 Å². The van der Waals surface area contributed by atoms with Crippen LogP contribution in [0.3, 0.4) is 0 Å². The summed E-state index contributed by atoms with van der Waals surface area (Å²) in [5, 5.41) is 3.55. The van der Waals surface area contributed by atoms with Crippen LogP contribution < -0.4 is 10.1 Å². The van der Waals surface area contributed by atoms with Gasteiger partial charge in [-0.1, -0.05) is 19.1 Å². The molecule has 0 aliphatic carbocycles. The number of ether oxygens (including phenoxy) is 1. The minimum atomic E-state index is 0.355. The molecule has 2 rings (SSSR count). The van der Waals surface area contributed by atoms with Gasteiger partial charge in [-0.05, 0) is 44.0 Å². The highest BCUT2D eigenvalue weighted by Crippen LogP contribution is 2.17. The Morgan fingerprint density at radius 2 is 2.10 bits per heavy atom. The lowest BCUT2D eigenvalue weighted by Crippen LogP contribution is -2.20. The van der Waals surface area contributed by atoms with Gasteiger partial charge in [0.05, 0.1) is 12.9 Å². The fraction of sp³-hybridized carbons (Fsp3) is 0.471. The molecule has 1 aromatic carbocycles. The minimum Gasteiger partial charge on any atom is -0.494 e. The molecule has 0 spiro atoms. The topological polar surface area (TPSA) is 39.1 Å². The van der Waals surface area contributed by atoms with Crippen LogP contribution in [-0.4, -0.2) is 22.7 Å². The number of rotatable bonds is 9. The normalized spacial score (nSPS) is 12.3. The van der Waals surface area contributed by atoms with Crippen LogP contribution >= 0.6 is 0 Å². The lowest BCUT2D eigenvalue weighted by molar-refractivity contribution is 0.317. The van der Waals surface area contributed by atoms with E-state index in [-0.39, 0.29) is 0 Å². The largest absolute Gasteiger partial charge is 0.494 e.